The van der Waals surface area contributed by atoms with Crippen molar-refractivity contribution in [3.63, 3.8) is 0 Å². The highest BCUT2D eigenvalue weighted by atomic mass is 79.9. The molecule has 0 aromatic carbocycles. The molecular formula is C8H5BrN2O3. The van der Waals surface area contributed by atoms with E-state index in [1.807, 2.05) is 6.07 Å². The molecule has 5 nitrogen and oxygen atoms in total. The Labute approximate surface area is 87.0 Å². The minimum Gasteiger partial charge on any atom is -0.449 e. The van der Waals surface area contributed by atoms with Crippen LogP contribution in [-0.2, 0) is 0 Å². The quantitative estimate of drug-likeness (QED) is 0.795. The van der Waals surface area contributed by atoms with E-state index in [4.69, 9.17) is 5.11 Å². The first kappa shape index (κ1) is 9.01. The van der Waals surface area contributed by atoms with Gasteiger partial charge in [0.15, 0.2) is 0 Å². The van der Waals surface area contributed by atoms with Crippen molar-refractivity contribution in [2.24, 2.45) is 0 Å². The Morgan fingerprint density at radius 2 is 2.36 bits per heavy atom. The predicted octanol–water partition coefficient (Wildman–Crippen LogP) is 2.15. The summed E-state index contributed by atoms with van der Waals surface area (Å²) in [6.07, 6.45) is 0.344. The molecule has 0 fully saturated rings. The molecule has 0 unspecified atom stereocenters. The van der Waals surface area contributed by atoms with Gasteiger partial charge in [-0.3, -0.25) is 0 Å². The normalized spacial score (nSPS) is 10.4. The fourth-order valence-electron chi connectivity index (χ4n) is 1.08. The highest BCUT2D eigenvalue weighted by Crippen LogP contribution is 2.16. The van der Waals surface area contributed by atoms with Crippen molar-refractivity contribution in [1.82, 2.24) is 9.61 Å². The Kier molecular flexibility index (Phi) is 2.12. The lowest BCUT2D eigenvalue weighted by molar-refractivity contribution is 0.142. The number of ether oxygens (including phenoxy) is 1. The third kappa shape index (κ3) is 1.69. The average Bonchev–Trinajstić information content (AvgIpc) is 2.44. The van der Waals surface area contributed by atoms with Crippen LogP contribution in [0, 0.1) is 0 Å². The molecule has 0 aliphatic carbocycles. The summed E-state index contributed by atoms with van der Waals surface area (Å²) in [5.74, 6) is 0.0654. The molecule has 2 rings (SSSR count). The predicted molar refractivity (Wildman–Crippen MR) is 51.5 cm³/mol. The minimum atomic E-state index is -1.37. The number of nitrogens with zero attached hydrogens (tertiary/aromatic N) is 2. The molecule has 0 atom stereocenters. The fourth-order valence-corrected chi connectivity index (χ4v) is 1.40. The first-order valence-corrected chi connectivity index (χ1v) is 4.50. The Morgan fingerprint density at radius 3 is 3.07 bits per heavy atom. The molecule has 0 saturated heterocycles. The van der Waals surface area contributed by atoms with Crippen LogP contribution in [0.2, 0.25) is 0 Å². The summed E-state index contributed by atoms with van der Waals surface area (Å²) < 4.78 is 6.80. The van der Waals surface area contributed by atoms with Gasteiger partial charge in [0.05, 0.1) is 5.52 Å². The van der Waals surface area contributed by atoms with Crippen molar-refractivity contribution in [2.45, 2.75) is 0 Å². The monoisotopic (exact) mass is 256 g/mol. The zero-order chi connectivity index (χ0) is 10.1. The standard InChI is InChI=1S/C8H5BrN2O3/c9-5-1-2-6-3-7(14-8(12)13)10-11(6)4-5/h1-4H,(H,12,13). The molecular weight excluding hydrogens is 252 g/mol. The van der Waals surface area contributed by atoms with Crippen LogP contribution in [0.5, 0.6) is 5.88 Å². The lowest BCUT2D eigenvalue weighted by atomic mass is 10.4. The lowest BCUT2D eigenvalue weighted by Gasteiger charge is -1.92. The van der Waals surface area contributed by atoms with Crippen LogP contribution in [0.1, 0.15) is 0 Å². The second kappa shape index (κ2) is 3.30. The van der Waals surface area contributed by atoms with Crippen LogP contribution in [0.15, 0.2) is 28.9 Å². The molecule has 0 amide bonds. The molecule has 6 heteroatoms. The summed E-state index contributed by atoms with van der Waals surface area (Å²) in [4.78, 5) is 10.2. The van der Waals surface area contributed by atoms with Crippen molar-refractivity contribution < 1.29 is 14.6 Å². The van der Waals surface area contributed by atoms with Gasteiger partial charge in [-0.15, -0.1) is 5.10 Å². The number of pyridine rings is 1. The van der Waals surface area contributed by atoms with Crippen LogP contribution >= 0.6 is 15.9 Å². The average molecular weight is 257 g/mol. The lowest BCUT2D eigenvalue weighted by Crippen LogP contribution is -2.03. The Balaban J connectivity index is 2.46. The number of hydrogen-bond acceptors (Lipinski definition) is 3. The number of hydrogen-bond donors (Lipinski definition) is 1. The Hall–Kier alpha value is -1.56. The summed E-state index contributed by atoms with van der Waals surface area (Å²) in [6, 6.07) is 5.17. The maximum atomic E-state index is 10.2. The fraction of sp³-hybridized carbons (Fsp3) is 0. The highest BCUT2D eigenvalue weighted by molar-refractivity contribution is 9.10. The Morgan fingerprint density at radius 1 is 1.57 bits per heavy atom. The highest BCUT2D eigenvalue weighted by Gasteiger charge is 2.06. The molecule has 2 aromatic rings. The van der Waals surface area contributed by atoms with Crippen molar-refractivity contribution in [2.75, 3.05) is 0 Å². The molecule has 0 aliphatic rings. The molecule has 0 radical (unpaired) electrons. The van der Waals surface area contributed by atoms with Gasteiger partial charge < -0.3 is 9.84 Å². The van der Waals surface area contributed by atoms with E-state index in [0.717, 1.165) is 9.99 Å². The van der Waals surface area contributed by atoms with Gasteiger partial charge in [0.1, 0.15) is 0 Å². The van der Waals surface area contributed by atoms with Gasteiger partial charge in [-0.25, -0.2) is 9.31 Å². The smallest absolute Gasteiger partial charge is 0.449 e. The maximum Gasteiger partial charge on any atom is 0.512 e. The van der Waals surface area contributed by atoms with Gasteiger partial charge in [0, 0.05) is 16.7 Å². The molecule has 2 aromatic heterocycles. The van der Waals surface area contributed by atoms with E-state index in [1.165, 1.54) is 4.52 Å². The summed E-state index contributed by atoms with van der Waals surface area (Å²) in [5, 5.41) is 12.3. The van der Waals surface area contributed by atoms with Crippen LogP contribution in [0.4, 0.5) is 4.79 Å². The van der Waals surface area contributed by atoms with Crippen molar-refractivity contribution >= 4 is 27.6 Å². The maximum absolute atomic E-state index is 10.2. The number of rotatable bonds is 1. The molecule has 0 aliphatic heterocycles. The zero-order valence-electron chi connectivity index (χ0n) is 6.85. The third-order valence-corrected chi connectivity index (χ3v) is 2.06. The van der Waals surface area contributed by atoms with Gasteiger partial charge >= 0.3 is 6.16 Å². The van der Waals surface area contributed by atoms with Gasteiger partial charge in [-0.1, -0.05) is 0 Å². The van der Waals surface area contributed by atoms with E-state index in [1.54, 1.807) is 18.3 Å². The van der Waals surface area contributed by atoms with Crippen LogP contribution < -0.4 is 4.74 Å². The van der Waals surface area contributed by atoms with E-state index < -0.39 is 6.16 Å². The van der Waals surface area contributed by atoms with E-state index in [2.05, 4.69) is 25.8 Å². The second-order valence-corrected chi connectivity index (χ2v) is 3.48. The molecule has 14 heavy (non-hydrogen) atoms. The first-order chi connectivity index (χ1) is 6.65. The summed E-state index contributed by atoms with van der Waals surface area (Å²) >= 11 is 3.27. The molecule has 0 saturated carbocycles. The largest absolute Gasteiger partial charge is 0.512 e. The SMILES string of the molecule is O=C(O)Oc1cc2ccc(Br)cn2n1. The zero-order valence-corrected chi connectivity index (χ0v) is 8.43. The summed E-state index contributed by atoms with van der Waals surface area (Å²) in [5.41, 5.74) is 0.768. The minimum absolute atomic E-state index is 0.0654. The van der Waals surface area contributed by atoms with Crippen LogP contribution in [-0.4, -0.2) is 20.9 Å². The van der Waals surface area contributed by atoms with E-state index in [0.29, 0.717) is 0 Å². The number of carbonyl (C=O) groups is 1. The van der Waals surface area contributed by atoms with Crippen molar-refractivity contribution in [3.05, 3.63) is 28.9 Å². The van der Waals surface area contributed by atoms with E-state index in [9.17, 15) is 4.79 Å². The molecule has 1 N–H and O–H groups in total. The van der Waals surface area contributed by atoms with E-state index in [-0.39, 0.29) is 5.88 Å². The summed E-state index contributed by atoms with van der Waals surface area (Å²) in [6.45, 7) is 0. The first-order valence-electron chi connectivity index (χ1n) is 3.71. The molecule has 2 heterocycles. The van der Waals surface area contributed by atoms with E-state index >= 15 is 0 Å². The molecule has 0 spiro atoms. The number of fused-ring (bicyclic) bond motifs is 1. The van der Waals surface area contributed by atoms with Crippen LogP contribution in [0.25, 0.3) is 5.52 Å². The number of carboxylic acid groups (broad SMARTS) is 1. The van der Waals surface area contributed by atoms with Gasteiger partial charge in [-0.2, -0.15) is 0 Å². The third-order valence-electron chi connectivity index (χ3n) is 1.59. The second-order valence-electron chi connectivity index (χ2n) is 2.57. The Bertz CT molecular complexity index is 494. The topological polar surface area (TPSA) is 63.8 Å². The van der Waals surface area contributed by atoms with Gasteiger partial charge in [0.25, 0.3) is 0 Å². The van der Waals surface area contributed by atoms with Gasteiger partial charge in [0.2, 0.25) is 5.88 Å². The number of halogens is 1. The number of aromatic nitrogens is 2. The van der Waals surface area contributed by atoms with Crippen molar-refractivity contribution in [1.29, 1.82) is 0 Å². The molecule has 72 valence electrons. The van der Waals surface area contributed by atoms with Crippen molar-refractivity contribution in [3.8, 4) is 5.88 Å². The summed E-state index contributed by atoms with van der Waals surface area (Å²) in [7, 11) is 0. The molecule has 0 bridgehead atoms. The van der Waals surface area contributed by atoms with Gasteiger partial charge in [-0.05, 0) is 28.1 Å². The van der Waals surface area contributed by atoms with Crippen LogP contribution in [0.3, 0.4) is 0 Å².